The third kappa shape index (κ3) is 4.51. The van der Waals surface area contributed by atoms with Crippen LogP contribution in [0.5, 0.6) is 0 Å². The van der Waals surface area contributed by atoms with Crippen LogP contribution in [-0.2, 0) is 0 Å². The zero-order valence-corrected chi connectivity index (χ0v) is 16.2. The van der Waals surface area contributed by atoms with Gasteiger partial charge in [-0.05, 0) is 55.0 Å². The van der Waals surface area contributed by atoms with Crippen LogP contribution in [0.1, 0.15) is 16.1 Å². The first-order valence-electron chi connectivity index (χ1n) is 9.55. The summed E-state index contributed by atoms with van der Waals surface area (Å²) in [6, 6.07) is 15.9. The first kappa shape index (κ1) is 18.9. The molecule has 0 bridgehead atoms. The van der Waals surface area contributed by atoms with Gasteiger partial charge >= 0.3 is 0 Å². The monoisotopic (exact) mass is 391 g/mol. The van der Waals surface area contributed by atoms with Crippen molar-refractivity contribution in [3.8, 4) is 0 Å². The highest BCUT2D eigenvalue weighted by Crippen LogP contribution is 2.19. The second kappa shape index (κ2) is 8.26. The predicted molar refractivity (Wildman–Crippen MR) is 111 cm³/mol. The molecule has 0 saturated carbocycles. The van der Waals surface area contributed by atoms with E-state index in [-0.39, 0.29) is 11.7 Å². The number of aromatic nitrogens is 2. The zero-order chi connectivity index (χ0) is 20.2. The van der Waals surface area contributed by atoms with E-state index >= 15 is 0 Å². The highest BCUT2D eigenvalue weighted by atomic mass is 19.1. The molecule has 0 spiro atoms. The van der Waals surface area contributed by atoms with E-state index < -0.39 is 0 Å². The molecule has 0 unspecified atom stereocenters. The minimum Gasteiger partial charge on any atom is -0.368 e. The van der Waals surface area contributed by atoms with E-state index in [1.165, 1.54) is 23.4 Å². The van der Waals surface area contributed by atoms with Crippen molar-refractivity contribution < 1.29 is 9.18 Å². The minimum absolute atomic E-state index is 0.113. The Kier molecular flexibility index (Phi) is 5.37. The van der Waals surface area contributed by atoms with Crippen LogP contribution in [0.2, 0.25) is 0 Å². The van der Waals surface area contributed by atoms with E-state index in [0.29, 0.717) is 30.4 Å². The number of carbonyl (C=O) groups excluding carboxylic acids is 1. The summed E-state index contributed by atoms with van der Waals surface area (Å²) in [5, 5.41) is 3.00. The molecular formula is C22H22FN5O. The molecule has 1 aliphatic heterocycles. The quantitative estimate of drug-likeness (QED) is 0.736. The van der Waals surface area contributed by atoms with Gasteiger partial charge in [-0.1, -0.05) is 12.1 Å². The molecule has 1 saturated heterocycles. The molecule has 0 radical (unpaired) electrons. The smallest absolute Gasteiger partial charge is 0.272 e. The van der Waals surface area contributed by atoms with Crippen LogP contribution in [0.15, 0.2) is 60.8 Å². The zero-order valence-electron chi connectivity index (χ0n) is 16.2. The van der Waals surface area contributed by atoms with E-state index in [2.05, 4.69) is 51.4 Å². The summed E-state index contributed by atoms with van der Waals surface area (Å²) >= 11 is 0. The van der Waals surface area contributed by atoms with Gasteiger partial charge in [-0.25, -0.2) is 14.4 Å². The molecule has 6 nitrogen and oxygen atoms in total. The molecule has 2 heterocycles. The number of hydrogen-bond acceptors (Lipinski definition) is 5. The maximum atomic E-state index is 13.0. The molecule has 0 aliphatic carbocycles. The standard InChI is InChI=1S/C22H22FN5O/c1-16-3-2-4-19(15-16)27-11-13-28(14-12-27)21(29)20-9-10-24-22(26-20)25-18-7-5-17(23)6-8-18/h2-10,15H,11-14H2,1H3,(H,24,25,26). The lowest BCUT2D eigenvalue weighted by atomic mass is 10.2. The second-order valence-corrected chi connectivity index (χ2v) is 7.02. The summed E-state index contributed by atoms with van der Waals surface area (Å²) in [7, 11) is 0. The van der Waals surface area contributed by atoms with Crippen molar-refractivity contribution in [1.82, 2.24) is 14.9 Å². The third-order valence-corrected chi connectivity index (χ3v) is 4.91. The maximum Gasteiger partial charge on any atom is 0.272 e. The Hall–Kier alpha value is -3.48. The molecule has 1 amide bonds. The van der Waals surface area contributed by atoms with Crippen LogP contribution >= 0.6 is 0 Å². The van der Waals surface area contributed by atoms with Gasteiger partial charge < -0.3 is 15.1 Å². The van der Waals surface area contributed by atoms with Gasteiger partial charge in [-0.15, -0.1) is 0 Å². The molecule has 148 valence electrons. The van der Waals surface area contributed by atoms with Crippen molar-refractivity contribution in [1.29, 1.82) is 0 Å². The molecule has 7 heteroatoms. The molecule has 1 aliphatic rings. The summed E-state index contributed by atoms with van der Waals surface area (Å²) in [5.74, 6) is -0.121. The molecular weight excluding hydrogens is 369 g/mol. The number of piperazine rings is 1. The number of hydrogen-bond donors (Lipinski definition) is 1. The van der Waals surface area contributed by atoms with E-state index in [1.807, 2.05) is 4.90 Å². The van der Waals surface area contributed by atoms with E-state index in [9.17, 15) is 9.18 Å². The summed E-state index contributed by atoms with van der Waals surface area (Å²) in [6.07, 6.45) is 1.55. The topological polar surface area (TPSA) is 61.4 Å². The maximum absolute atomic E-state index is 13.0. The fourth-order valence-corrected chi connectivity index (χ4v) is 3.35. The Bertz CT molecular complexity index is 1000. The van der Waals surface area contributed by atoms with E-state index in [1.54, 1.807) is 24.4 Å². The number of nitrogens with one attached hydrogen (secondary N) is 1. The molecule has 29 heavy (non-hydrogen) atoms. The lowest BCUT2D eigenvalue weighted by molar-refractivity contribution is 0.0741. The van der Waals surface area contributed by atoms with Crippen LogP contribution in [0, 0.1) is 12.7 Å². The Balaban J connectivity index is 1.40. The molecule has 3 aromatic rings. The van der Waals surface area contributed by atoms with Crippen LogP contribution in [0.25, 0.3) is 0 Å². The van der Waals surface area contributed by atoms with Crippen LogP contribution in [0.3, 0.4) is 0 Å². The van der Waals surface area contributed by atoms with Gasteiger partial charge in [0.25, 0.3) is 5.91 Å². The van der Waals surface area contributed by atoms with Gasteiger partial charge in [0, 0.05) is 43.8 Å². The average molecular weight is 391 g/mol. The normalized spacial score (nSPS) is 14.0. The van der Waals surface area contributed by atoms with Gasteiger partial charge in [-0.3, -0.25) is 4.79 Å². The summed E-state index contributed by atoms with van der Waals surface area (Å²) in [6.45, 7) is 4.91. The highest BCUT2D eigenvalue weighted by molar-refractivity contribution is 5.92. The Morgan fingerprint density at radius 1 is 1.03 bits per heavy atom. The molecule has 0 atom stereocenters. The number of aryl methyl sites for hydroxylation is 1. The van der Waals surface area contributed by atoms with Crippen molar-refractivity contribution in [3.63, 3.8) is 0 Å². The molecule has 1 aromatic heterocycles. The summed E-state index contributed by atoms with van der Waals surface area (Å²) in [4.78, 5) is 25.5. The van der Waals surface area contributed by atoms with Gasteiger partial charge in [0.2, 0.25) is 5.95 Å². The largest absolute Gasteiger partial charge is 0.368 e. The Morgan fingerprint density at radius 2 is 1.79 bits per heavy atom. The first-order valence-corrected chi connectivity index (χ1v) is 9.55. The molecule has 1 fully saturated rings. The van der Waals surface area contributed by atoms with E-state index in [0.717, 1.165) is 13.1 Å². The van der Waals surface area contributed by atoms with Crippen molar-refractivity contribution in [3.05, 3.63) is 77.9 Å². The fraction of sp³-hybridized carbons (Fsp3) is 0.227. The van der Waals surface area contributed by atoms with Crippen molar-refractivity contribution >= 4 is 23.2 Å². The van der Waals surface area contributed by atoms with Crippen molar-refractivity contribution in [2.45, 2.75) is 6.92 Å². The number of rotatable bonds is 4. The average Bonchev–Trinajstić information content (AvgIpc) is 2.75. The first-order chi connectivity index (χ1) is 14.1. The summed E-state index contributed by atoms with van der Waals surface area (Å²) in [5.41, 5.74) is 3.41. The van der Waals surface area contributed by atoms with Gasteiger partial charge in [0.15, 0.2) is 0 Å². The number of benzene rings is 2. The van der Waals surface area contributed by atoms with Crippen LogP contribution in [0.4, 0.5) is 21.7 Å². The van der Waals surface area contributed by atoms with Gasteiger partial charge in [0.1, 0.15) is 11.5 Å². The number of anilines is 3. The van der Waals surface area contributed by atoms with Crippen LogP contribution < -0.4 is 10.2 Å². The Labute approximate surface area is 169 Å². The molecule has 2 aromatic carbocycles. The van der Waals surface area contributed by atoms with Crippen molar-refractivity contribution in [2.24, 2.45) is 0 Å². The number of carbonyl (C=O) groups is 1. The van der Waals surface area contributed by atoms with Crippen LogP contribution in [-0.4, -0.2) is 47.0 Å². The number of halogens is 1. The van der Waals surface area contributed by atoms with Gasteiger partial charge in [-0.2, -0.15) is 0 Å². The lowest BCUT2D eigenvalue weighted by Gasteiger charge is -2.36. The SMILES string of the molecule is Cc1cccc(N2CCN(C(=O)c3ccnc(Nc4ccc(F)cc4)n3)CC2)c1. The molecule has 1 N–H and O–H groups in total. The van der Waals surface area contributed by atoms with Gasteiger partial charge in [0.05, 0.1) is 0 Å². The van der Waals surface area contributed by atoms with Crippen molar-refractivity contribution in [2.75, 3.05) is 36.4 Å². The predicted octanol–water partition coefficient (Wildman–Crippen LogP) is 3.63. The lowest BCUT2D eigenvalue weighted by Crippen LogP contribution is -2.49. The summed E-state index contributed by atoms with van der Waals surface area (Å²) < 4.78 is 13.0. The number of amides is 1. The minimum atomic E-state index is -0.315. The molecule has 4 rings (SSSR count). The third-order valence-electron chi connectivity index (χ3n) is 4.91. The number of nitrogens with zero attached hydrogens (tertiary/aromatic N) is 4. The highest BCUT2D eigenvalue weighted by Gasteiger charge is 2.23. The fourth-order valence-electron chi connectivity index (χ4n) is 3.35. The second-order valence-electron chi connectivity index (χ2n) is 7.02. The Morgan fingerprint density at radius 3 is 2.52 bits per heavy atom. The van der Waals surface area contributed by atoms with E-state index in [4.69, 9.17) is 0 Å².